The first-order valence-corrected chi connectivity index (χ1v) is 7.06. The van der Waals surface area contributed by atoms with Crippen molar-refractivity contribution in [3.8, 4) is 6.07 Å². The molecule has 108 valence electrons. The zero-order valence-corrected chi connectivity index (χ0v) is 11.5. The molecule has 1 aliphatic rings. The number of aromatic nitrogens is 2. The number of nitrogens with zero attached hydrogens (tertiary/aromatic N) is 2. The zero-order chi connectivity index (χ0) is 14.8. The molecule has 0 radical (unpaired) electrons. The lowest BCUT2D eigenvalue weighted by Crippen LogP contribution is -2.45. The van der Waals surface area contributed by atoms with E-state index in [9.17, 15) is 9.90 Å². The van der Waals surface area contributed by atoms with Gasteiger partial charge in [-0.2, -0.15) is 5.26 Å². The van der Waals surface area contributed by atoms with E-state index in [1.807, 2.05) is 0 Å². The molecule has 3 rings (SSSR count). The van der Waals surface area contributed by atoms with Crippen molar-refractivity contribution in [2.24, 2.45) is 0 Å². The Bertz CT molecular complexity index is 716. The summed E-state index contributed by atoms with van der Waals surface area (Å²) in [5.74, 6) is -0.269. The van der Waals surface area contributed by atoms with Gasteiger partial charge in [0.05, 0.1) is 28.8 Å². The summed E-state index contributed by atoms with van der Waals surface area (Å²) in [5, 5.41) is 21.8. The average Bonchev–Trinajstić information content (AvgIpc) is 2.93. The first-order chi connectivity index (χ1) is 10.2. The van der Waals surface area contributed by atoms with Gasteiger partial charge in [0.15, 0.2) is 0 Å². The summed E-state index contributed by atoms with van der Waals surface area (Å²) in [5.41, 5.74) is 1.91. The van der Waals surface area contributed by atoms with Gasteiger partial charge >= 0.3 is 0 Å². The first kappa shape index (κ1) is 13.6. The summed E-state index contributed by atoms with van der Waals surface area (Å²) >= 11 is 0. The number of carbonyl (C=O) groups excluding carboxylic acids is 1. The van der Waals surface area contributed by atoms with Gasteiger partial charge in [-0.05, 0) is 18.9 Å². The molecule has 6 nitrogen and oxygen atoms in total. The van der Waals surface area contributed by atoms with Gasteiger partial charge in [-0.3, -0.25) is 9.78 Å². The van der Waals surface area contributed by atoms with Crippen molar-refractivity contribution in [2.75, 3.05) is 0 Å². The van der Waals surface area contributed by atoms with Crippen LogP contribution in [0.15, 0.2) is 18.5 Å². The van der Waals surface area contributed by atoms with Crippen LogP contribution >= 0.6 is 0 Å². The molecular weight excluding hydrogens is 268 g/mol. The molecule has 0 spiro atoms. The number of nitriles is 1. The number of amides is 1. The van der Waals surface area contributed by atoms with Crippen LogP contribution in [0.3, 0.4) is 0 Å². The third-order valence-corrected chi connectivity index (χ3v) is 3.98. The predicted octanol–water partition coefficient (Wildman–Crippen LogP) is 1.47. The zero-order valence-electron chi connectivity index (χ0n) is 11.5. The highest BCUT2D eigenvalue weighted by molar-refractivity contribution is 6.06. The highest BCUT2D eigenvalue weighted by Gasteiger charge is 2.26. The second-order valence-corrected chi connectivity index (χ2v) is 5.33. The maximum Gasteiger partial charge on any atom is 0.255 e. The SMILES string of the molecule is N#Cc1ccnc2c(C(=O)NC3CCCCC3O)c[nH]c12. The highest BCUT2D eigenvalue weighted by atomic mass is 16.3. The Kier molecular flexibility index (Phi) is 3.59. The number of hydrogen-bond donors (Lipinski definition) is 3. The molecule has 2 aromatic heterocycles. The Morgan fingerprint density at radius 1 is 1.48 bits per heavy atom. The van der Waals surface area contributed by atoms with Crippen LogP contribution in [0.5, 0.6) is 0 Å². The molecule has 2 atom stereocenters. The maximum atomic E-state index is 12.4. The molecule has 0 bridgehead atoms. The quantitative estimate of drug-likeness (QED) is 0.777. The Hall–Kier alpha value is -2.39. The molecule has 21 heavy (non-hydrogen) atoms. The summed E-state index contributed by atoms with van der Waals surface area (Å²) in [6, 6.07) is 3.46. The van der Waals surface area contributed by atoms with E-state index >= 15 is 0 Å². The number of rotatable bonds is 2. The number of hydrogen-bond acceptors (Lipinski definition) is 4. The summed E-state index contributed by atoms with van der Waals surface area (Å²) in [6.07, 6.45) is 6.09. The van der Waals surface area contributed by atoms with Crippen LogP contribution < -0.4 is 5.32 Å². The van der Waals surface area contributed by atoms with Gasteiger partial charge in [0.1, 0.15) is 11.6 Å². The predicted molar refractivity (Wildman–Crippen MR) is 76.5 cm³/mol. The summed E-state index contributed by atoms with van der Waals surface area (Å²) < 4.78 is 0. The van der Waals surface area contributed by atoms with Gasteiger partial charge in [-0.25, -0.2) is 0 Å². The average molecular weight is 284 g/mol. The number of pyridine rings is 1. The number of aromatic amines is 1. The van der Waals surface area contributed by atoms with Crippen molar-refractivity contribution in [1.29, 1.82) is 5.26 Å². The van der Waals surface area contributed by atoms with Gasteiger partial charge in [0.2, 0.25) is 0 Å². The lowest BCUT2D eigenvalue weighted by molar-refractivity contribution is 0.0718. The fourth-order valence-electron chi connectivity index (χ4n) is 2.82. The number of nitrogens with one attached hydrogen (secondary N) is 2. The smallest absolute Gasteiger partial charge is 0.255 e. The van der Waals surface area contributed by atoms with E-state index in [-0.39, 0.29) is 11.9 Å². The summed E-state index contributed by atoms with van der Waals surface area (Å²) in [6.45, 7) is 0. The first-order valence-electron chi connectivity index (χ1n) is 7.06. The van der Waals surface area contributed by atoms with Crippen LogP contribution in [0.1, 0.15) is 41.6 Å². The standard InChI is InChI=1S/C15H16N4O2/c16-7-9-5-6-17-14-10(8-18-13(9)14)15(21)19-11-3-1-2-4-12(11)20/h5-6,8,11-12,18,20H,1-4H2,(H,19,21). The van der Waals surface area contributed by atoms with Crippen molar-refractivity contribution in [2.45, 2.75) is 37.8 Å². The molecule has 1 aliphatic carbocycles. The van der Waals surface area contributed by atoms with Crippen molar-refractivity contribution >= 4 is 16.9 Å². The lowest BCUT2D eigenvalue weighted by atomic mass is 9.92. The van der Waals surface area contributed by atoms with E-state index < -0.39 is 6.10 Å². The molecular formula is C15H16N4O2. The molecule has 0 aliphatic heterocycles. The third kappa shape index (κ3) is 2.48. The van der Waals surface area contributed by atoms with Crippen LogP contribution in [-0.4, -0.2) is 33.1 Å². The topological polar surface area (TPSA) is 102 Å². The number of fused-ring (bicyclic) bond motifs is 1. The van der Waals surface area contributed by atoms with E-state index in [0.717, 1.165) is 25.7 Å². The maximum absolute atomic E-state index is 12.4. The van der Waals surface area contributed by atoms with E-state index in [2.05, 4.69) is 21.4 Å². The Morgan fingerprint density at radius 2 is 2.29 bits per heavy atom. The fraction of sp³-hybridized carbons (Fsp3) is 0.400. The molecule has 0 saturated heterocycles. The molecule has 0 aromatic carbocycles. The molecule has 1 amide bonds. The molecule has 3 N–H and O–H groups in total. The van der Waals surface area contributed by atoms with Crippen LogP contribution in [0.4, 0.5) is 0 Å². The van der Waals surface area contributed by atoms with Gasteiger partial charge in [-0.1, -0.05) is 12.8 Å². The number of H-pyrrole nitrogens is 1. The van der Waals surface area contributed by atoms with Crippen molar-refractivity contribution < 1.29 is 9.90 Å². The van der Waals surface area contributed by atoms with Crippen LogP contribution in [0, 0.1) is 11.3 Å². The fourth-order valence-corrected chi connectivity index (χ4v) is 2.82. The Labute approximate surface area is 121 Å². The Balaban J connectivity index is 1.87. The number of aliphatic hydroxyl groups excluding tert-OH is 1. The molecule has 1 saturated carbocycles. The van der Waals surface area contributed by atoms with Gasteiger partial charge in [0.25, 0.3) is 5.91 Å². The van der Waals surface area contributed by atoms with Crippen LogP contribution in [-0.2, 0) is 0 Å². The minimum atomic E-state index is -0.490. The largest absolute Gasteiger partial charge is 0.391 e. The van der Waals surface area contributed by atoms with Crippen molar-refractivity contribution in [3.05, 3.63) is 29.6 Å². The monoisotopic (exact) mass is 284 g/mol. The van der Waals surface area contributed by atoms with E-state index in [1.54, 1.807) is 12.3 Å². The van der Waals surface area contributed by atoms with E-state index in [0.29, 0.717) is 22.2 Å². The molecule has 2 heterocycles. The second kappa shape index (κ2) is 5.54. The van der Waals surface area contributed by atoms with Crippen LogP contribution in [0.2, 0.25) is 0 Å². The molecule has 6 heteroatoms. The van der Waals surface area contributed by atoms with Crippen molar-refractivity contribution in [3.63, 3.8) is 0 Å². The minimum absolute atomic E-state index is 0.213. The minimum Gasteiger partial charge on any atom is -0.391 e. The number of carbonyl (C=O) groups is 1. The van der Waals surface area contributed by atoms with Gasteiger partial charge in [-0.15, -0.1) is 0 Å². The third-order valence-electron chi connectivity index (χ3n) is 3.98. The molecule has 2 unspecified atom stereocenters. The Morgan fingerprint density at radius 3 is 3.05 bits per heavy atom. The summed E-state index contributed by atoms with van der Waals surface area (Å²) in [4.78, 5) is 19.5. The highest BCUT2D eigenvalue weighted by Crippen LogP contribution is 2.21. The summed E-state index contributed by atoms with van der Waals surface area (Å²) in [7, 11) is 0. The normalized spacial score (nSPS) is 21.9. The molecule has 2 aromatic rings. The molecule has 1 fully saturated rings. The van der Waals surface area contributed by atoms with E-state index in [1.165, 1.54) is 6.20 Å². The van der Waals surface area contributed by atoms with Crippen LogP contribution in [0.25, 0.3) is 11.0 Å². The van der Waals surface area contributed by atoms with Crippen molar-refractivity contribution in [1.82, 2.24) is 15.3 Å². The number of aliphatic hydroxyl groups is 1. The second-order valence-electron chi connectivity index (χ2n) is 5.33. The lowest BCUT2D eigenvalue weighted by Gasteiger charge is -2.28. The van der Waals surface area contributed by atoms with Gasteiger partial charge < -0.3 is 15.4 Å². The van der Waals surface area contributed by atoms with Gasteiger partial charge in [0, 0.05) is 12.4 Å². The van der Waals surface area contributed by atoms with E-state index in [4.69, 9.17) is 5.26 Å².